The van der Waals surface area contributed by atoms with E-state index < -0.39 is 10.1 Å². The van der Waals surface area contributed by atoms with E-state index in [1.807, 2.05) is 0 Å². The van der Waals surface area contributed by atoms with Crippen molar-refractivity contribution in [2.24, 2.45) is 0 Å². The van der Waals surface area contributed by atoms with E-state index >= 15 is 0 Å². The summed E-state index contributed by atoms with van der Waals surface area (Å²) in [6.45, 7) is 0. The highest BCUT2D eigenvalue weighted by atomic mass is 16.8. The number of hydrogen-bond acceptors (Lipinski definition) is 5. The smallest absolute Gasteiger partial charge is 0.228 e. The molecule has 0 atom stereocenters. The zero-order valence-electron chi connectivity index (χ0n) is 6.73. The molecule has 0 amide bonds. The Bertz CT molecular complexity index is 348. The van der Waals surface area contributed by atoms with Gasteiger partial charge >= 0.3 is 0 Å². The van der Waals surface area contributed by atoms with Crippen molar-refractivity contribution in [3.63, 3.8) is 0 Å². The topological polar surface area (TPSA) is 110 Å². The summed E-state index contributed by atoms with van der Waals surface area (Å²) in [5, 5.41) is 26.8. The maximum absolute atomic E-state index is 10.3. The van der Waals surface area contributed by atoms with Gasteiger partial charge in [-0.05, 0) is 24.3 Å². The highest BCUT2D eigenvalue weighted by molar-refractivity contribution is 5.44. The van der Waals surface area contributed by atoms with Crippen molar-refractivity contribution in [2.75, 3.05) is 5.12 Å². The Kier molecular flexibility index (Phi) is 2.47. The van der Waals surface area contributed by atoms with Gasteiger partial charge in [0.25, 0.3) is 0 Å². The molecule has 1 N–H and O–H groups in total. The average molecular weight is 199 g/mol. The highest BCUT2D eigenvalue weighted by Gasteiger charge is 2.29. The molecule has 0 spiro atoms. The van der Waals surface area contributed by atoms with Gasteiger partial charge in [0, 0.05) is 0 Å². The third-order valence-electron chi connectivity index (χ3n) is 1.39. The molecule has 1 aromatic carbocycles. The fourth-order valence-electron chi connectivity index (χ4n) is 0.834. The molecule has 0 bridgehead atoms. The first-order chi connectivity index (χ1) is 6.52. The summed E-state index contributed by atoms with van der Waals surface area (Å²) in [5.74, 6) is -0.125. The molecule has 8 heteroatoms. The number of aromatic hydroxyl groups is 1. The third kappa shape index (κ3) is 1.86. The van der Waals surface area contributed by atoms with Crippen molar-refractivity contribution in [2.45, 2.75) is 0 Å². The lowest BCUT2D eigenvalue weighted by Gasteiger charge is -2.02. The fourth-order valence-corrected chi connectivity index (χ4v) is 0.834. The molecule has 14 heavy (non-hydrogen) atoms. The molecule has 8 nitrogen and oxygen atoms in total. The summed E-state index contributed by atoms with van der Waals surface area (Å²) in [6.07, 6.45) is 0. The summed E-state index contributed by atoms with van der Waals surface area (Å²) >= 11 is 0. The second kappa shape index (κ2) is 3.56. The first-order valence-electron chi connectivity index (χ1n) is 3.40. The number of phenolic OH excluding ortho intramolecular Hbond substituents is 1. The van der Waals surface area contributed by atoms with Gasteiger partial charge in [-0.15, -0.1) is 0 Å². The minimum Gasteiger partial charge on any atom is -0.508 e. The van der Waals surface area contributed by atoms with Gasteiger partial charge in [0.05, 0.1) is 0 Å². The molecule has 0 aromatic heterocycles. The molecule has 0 aliphatic rings. The van der Waals surface area contributed by atoms with Crippen LogP contribution in [0.2, 0.25) is 0 Å². The Morgan fingerprint density at radius 3 is 1.86 bits per heavy atom. The van der Waals surface area contributed by atoms with E-state index in [4.69, 9.17) is 5.11 Å². The van der Waals surface area contributed by atoms with E-state index in [9.17, 15) is 20.2 Å². The number of nitrogens with zero attached hydrogens (tertiary/aromatic N) is 3. The van der Waals surface area contributed by atoms with Crippen molar-refractivity contribution in [1.29, 1.82) is 0 Å². The van der Waals surface area contributed by atoms with Gasteiger partial charge in [-0.3, -0.25) is 0 Å². The molecule has 0 heterocycles. The van der Waals surface area contributed by atoms with Gasteiger partial charge in [0.15, 0.2) is 10.8 Å². The normalized spacial score (nSPS) is 9.43. The molecule has 74 valence electrons. The first kappa shape index (κ1) is 9.71. The monoisotopic (exact) mass is 199 g/mol. The van der Waals surface area contributed by atoms with E-state index in [1.54, 1.807) is 0 Å². The number of anilines is 1. The van der Waals surface area contributed by atoms with Gasteiger partial charge in [0.2, 0.25) is 10.1 Å². The fraction of sp³-hybridized carbons (Fsp3) is 0. The van der Waals surface area contributed by atoms with Crippen LogP contribution in [0.25, 0.3) is 0 Å². The molecule has 0 saturated carbocycles. The van der Waals surface area contributed by atoms with Gasteiger partial charge < -0.3 is 5.11 Å². The minimum atomic E-state index is -1.16. The second-order valence-electron chi connectivity index (χ2n) is 2.28. The summed E-state index contributed by atoms with van der Waals surface area (Å²) in [7, 11) is 0. The summed E-state index contributed by atoms with van der Waals surface area (Å²) in [5.41, 5.74) is -0.238. The van der Waals surface area contributed by atoms with Crippen LogP contribution in [0.5, 0.6) is 5.75 Å². The van der Waals surface area contributed by atoms with Crippen molar-refractivity contribution < 1.29 is 15.2 Å². The van der Waals surface area contributed by atoms with Gasteiger partial charge in [-0.2, -0.15) is 0 Å². The molecule has 0 unspecified atom stereocenters. The van der Waals surface area contributed by atoms with Crippen LogP contribution in [0.15, 0.2) is 24.3 Å². The Balaban J connectivity index is 3.06. The van der Waals surface area contributed by atoms with Crippen molar-refractivity contribution in [3.8, 4) is 5.75 Å². The molecule has 0 aliphatic heterocycles. The number of nitro groups is 2. The Hall–Kier alpha value is -2.38. The molecular formula is C6H5N3O5. The molecule has 0 fully saturated rings. The van der Waals surface area contributed by atoms with Gasteiger partial charge in [-0.25, -0.2) is 20.2 Å². The number of hydrogen-bond donors (Lipinski definition) is 1. The number of hydrazine groups is 2. The van der Waals surface area contributed by atoms with Crippen LogP contribution in [0.1, 0.15) is 0 Å². The van der Waals surface area contributed by atoms with Crippen LogP contribution in [-0.2, 0) is 0 Å². The number of benzene rings is 1. The van der Waals surface area contributed by atoms with E-state index in [-0.39, 0.29) is 16.6 Å². The zero-order chi connectivity index (χ0) is 10.7. The summed E-state index contributed by atoms with van der Waals surface area (Å²) in [4.78, 5) is 20.5. The zero-order valence-corrected chi connectivity index (χ0v) is 6.73. The molecule has 1 rings (SSSR count). The SMILES string of the molecule is O=[N+]([O-])N(c1ccc(O)cc1)[N+](=O)[O-]. The highest BCUT2D eigenvalue weighted by Crippen LogP contribution is 2.18. The first-order valence-corrected chi connectivity index (χ1v) is 3.40. The Morgan fingerprint density at radius 2 is 1.50 bits per heavy atom. The standard InChI is InChI=1S/C6H5N3O5/c10-6-3-1-5(2-4-6)7(8(11)12)9(13)14/h1-4,10H. The van der Waals surface area contributed by atoms with Crippen LogP contribution < -0.4 is 5.12 Å². The number of rotatable bonds is 3. The molecule has 1 aromatic rings. The van der Waals surface area contributed by atoms with Crippen LogP contribution in [0.3, 0.4) is 0 Å². The average Bonchev–Trinajstić information content (AvgIpc) is 2.07. The summed E-state index contributed by atoms with van der Waals surface area (Å²) < 4.78 is 0. The minimum absolute atomic E-state index is 0.125. The lowest BCUT2D eigenvalue weighted by molar-refractivity contribution is -0.711. The van der Waals surface area contributed by atoms with Crippen molar-refractivity contribution in [1.82, 2.24) is 0 Å². The molecule has 0 aliphatic carbocycles. The molecular weight excluding hydrogens is 194 g/mol. The van der Waals surface area contributed by atoms with Crippen LogP contribution in [-0.4, -0.2) is 15.2 Å². The van der Waals surface area contributed by atoms with Crippen molar-refractivity contribution >= 4 is 5.69 Å². The molecule has 0 saturated heterocycles. The largest absolute Gasteiger partial charge is 0.508 e. The molecule has 0 radical (unpaired) electrons. The maximum atomic E-state index is 10.3. The second-order valence-corrected chi connectivity index (χ2v) is 2.28. The van der Waals surface area contributed by atoms with Crippen LogP contribution in [0.4, 0.5) is 5.69 Å². The number of phenols is 1. The van der Waals surface area contributed by atoms with E-state index in [2.05, 4.69) is 0 Å². The van der Waals surface area contributed by atoms with Crippen LogP contribution >= 0.6 is 0 Å². The maximum Gasteiger partial charge on any atom is 0.228 e. The van der Waals surface area contributed by atoms with Gasteiger partial charge in [-0.1, -0.05) is 0 Å². The van der Waals surface area contributed by atoms with E-state index in [0.717, 1.165) is 24.3 Å². The van der Waals surface area contributed by atoms with Gasteiger partial charge in [0.1, 0.15) is 5.75 Å². The van der Waals surface area contributed by atoms with Crippen molar-refractivity contribution in [3.05, 3.63) is 44.5 Å². The Labute approximate surface area is 77.2 Å². The van der Waals surface area contributed by atoms with Crippen LogP contribution in [0, 0.1) is 20.2 Å². The van der Waals surface area contributed by atoms with E-state index in [1.165, 1.54) is 0 Å². The lowest BCUT2D eigenvalue weighted by Crippen LogP contribution is -2.35. The lowest BCUT2D eigenvalue weighted by atomic mass is 10.3. The third-order valence-corrected chi connectivity index (χ3v) is 1.39. The summed E-state index contributed by atoms with van der Waals surface area (Å²) in [6, 6.07) is 4.38. The predicted molar refractivity (Wildman–Crippen MR) is 44.6 cm³/mol. The predicted octanol–water partition coefficient (Wildman–Crippen LogP) is 0.582. The van der Waals surface area contributed by atoms with E-state index in [0.29, 0.717) is 0 Å². The Morgan fingerprint density at radius 1 is 1.07 bits per heavy atom. The quantitative estimate of drug-likeness (QED) is 0.563.